The largest absolute Gasteiger partial charge is 0.364 e. The molecule has 1 aliphatic rings. The molecule has 1 fully saturated rings. The van der Waals surface area contributed by atoms with Gasteiger partial charge in [-0.05, 0) is 56.7 Å². The van der Waals surface area contributed by atoms with E-state index in [1.165, 1.54) is 4.90 Å². The zero-order chi connectivity index (χ0) is 24.5. The zero-order valence-electron chi connectivity index (χ0n) is 19.5. The normalized spacial score (nSPS) is 21.9. The molecule has 1 saturated heterocycles. The van der Waals surface area contributed by atoms with E-state index in [0.717, 1.165) is 12.0 Å². The minimum absolute atomic E-state index is 0.375. The van der Waals surface area contributed by atoms with Gasteiger partial charge in [-0.3, -0.25) is 9.80 Å². The van der Waals surface area contributed by atoms with Crippen molar-refractivity contribution < 1.29 is 9.90 Å². The van der Waals surface area contributed by atoms with Crippen molar-refractivity contribution in [2.45, 2.75) is 44.9 Å². The molecule has 1 N–H and O–H groups in total. The van der Waals surface area contributed by atoms with Crippen LogP contribution < -0.4 is 9.80 Å². The van der Waals surface area contributed by atoms with Gasteiger partial charge in [-0.15, -0.1) is 0 Å². The van der Waals surface area contributed by atoms with Crippen molar-refractivity contribution in [3.05, 3.63) is 101 Å². The molecule has 6 nitrogen and oxygen atoms in total. The van der Waals surface area contributed by atoms with Crippen molar-refractivity contribution in [1.29, 1.82) is 5.26 Å². The number of benzene rings is 3. The second-order valence-electron chi connectivity index (χ2n) is 8.81. The van der Waals surface area contributed by atoms with Crippen LogP contribution in [0.15, 0.2) is 72.8 Å². The van der Waals surface area contributed by atoms with Crippen molar-refractivity contribution in [2.24, 2.45) is 0 Å². The lowest BCUT2D eigenvalue weighted by Crippen LogP contribution is -2.58. The van der Waals surface area contributed by atoms with Crippen LogP contribution in [0.5, 0.6) is 0 Å². The Balaban J connectivity index is 2.00. The Bertz CT molecular complexity index is 1300. The highest BCUT2D eigenvalue weighted by molar-refractivity contribution is 6.09. The highest BCUT2D eigenvalue weighted by Gasteiger charge is 2.65. The first-order valence-corrected chi connectivity index (χ1v) is 11.2. The van der Waals surface area contributed by atoms with Gasteiger partial charge in [0, 0.05) is 16.9 Å². The van der Waals surface area contributed by atoms with E-state index < -0.39 is 11.3 Å². The number of aliphatic hydroxyl groups is 1. The second-order valence-corrected chi connectivity index (χ2v) is 8.81. The van der Waals surface area contributed by atoms with E-state index >= 15 is 0 Å². The summed E-state index contributed by atoms with van der Waals surface area (Å²) in [5, 5.41) is 21.9. The molecule has 170 valence electrons. The molecule has 34 heavy (non-hydrogen) atoms. The Morgan fingerprint density at radius 2 is 1.65 bits per heavy atom. The number of carbonyl (C=O) groups excluding carboxylic acids is 1. The van der Waals surface area contributed by atoms with E-state index in [1.807, 2.05) is 45.0 Å². The van der Waals surface area contributed by atoms with Gasteiger partial charge in [0.05, 0.1) is 23.7 Å². The number of carbonyl (C=O) groups is 1. The number of rotatable bonds is 5. The predicted molar refractivity (Wildman–Crippen MR) is 133 cm³/mol. The number of nitrogens with zero attached hydrogens (tertiary/aromatic N) is 4. The summed E-state index contributed by atoms with van der Waals surface area (Å²) in [6.07, 6.45) is 1.26. The fraction of sp³-hybridized carbons (Fsp3) is 0.250. The molecule has 3 aromatic carbocycles. The number of anilines is 2. The molecule has 1 aliphatic heterocycles. The van der Waals surface area contributed by atoms with Gasteiger partial charge in [-0.2, -0.15) is 5.26 Å². The van der Waals surface area contributed by atoms with Crippen LogP contribution in [0.3, 0.4) is 0 Å². The number of amides is 2. The Kier molecular flexibility index (Phi) is 5.87. The van der Waals surface area contributed by atoms with Crippen LogP contribution >= 0.6 is 0 Å². The molecular weight excluding hydrogens is 424 g/mol. The molecule has 0 aliphatic carbocycles. The molecule has 6 heteroatoms. The van der Waals surface area contributed by atoms with Gasteiger partial charge in [0.15, 0.2) is 11.4 Å². The van der Waals surface area contributed by atoms with Crippen LogP contribution in [-0.2, 0) is 5.72 Å². The first-order chi connectivity index (χ1) is 16.3. The van der Waals surface area contributed by atoms with Crippen molar-refractivity contribution in [3.63, 3.8) is 0 Å². The summed E-state index contributed by atoms with van der Waals surface area (Å²) < 4.78 is 0. The maximum Gasteiger partial charge on any atom is 0.332 e. The molecule has 1 heterocycles. The summed E-state index contributed by atoms with van der Waals surface area (Å²) in [4.78, 5) is 20.7. The predicted octanol–water partition coefficient (Wildman–Crippen LogP) is 6.27. The number of aryl methyl sites for hydroxylation is 1. The molecule has 3 aromatic rings. The maximum absolute atomic E-state index is 14.1. The Labute approximate surface area is 200 Å². The Hall–Kier alpha value is -4.13. The quantitative estimate of drug-likeness (QED) is 0.466. The topological polar surface area (TPSA) is 71.9 Å². The molecule has 2 atom stereocenters. The third kappa shape index (κ3) is 3.41. The number of hydrogen-bond acceptors (Lipinski definition) is 3. The van der Waals surface area contributed by atoms with E-state index in [-0.39, 0.29) is 6.03 Å². The standard InChI is InChI=1S/C28H26N4O2/c1-5-17-27(3)28(34,22-8-6-7-20(2)18-22)32(25-15-11-23(30-4)12-16-25)26(33)31(27)24-13-9-21(19-29)10-14-24/h6-16,18,34H,5,17H2,1-3H3. The van der Waals surface area contributed by atoms with E-state index in [0.29, 0.717) is 34.6 Å². The summed E-state index contributed by atoms with van der Waals surface area (Å²) in [5.74, 6) is 0. The van der Waals surface area contributed by atoms with E-state index in [9.17, 15) is 15.2 Å². The highest BCUT2D eigenvalue weighted by atomic mass is 16.3. The second kappa shape index (κ2) is 8.67. The van der Waals surface area contributed by atoms with Gasteiger partial charge >= 0.3 is 6.03 Å². The molecular formula is C28H26N4O2. The number of hydrogen-bond donors (Lipinski definition) is 1. The molecule has 4 rings (SSSR count). The van der Waals surface area contributed by atoms with Crippen LogP contribution in [0.1, 0.15) is 43.4 Å². The lowest BCUT2D eigenvalue weighted by Gasteiger charge is -2.45. The molecule has 2 amide bonds. The van der Waals surface area contributed by atoms with Crippen molar-refractivity contribution >= 4 is 23.1 Å². The third-order valence-corrected chi connectivity index (χ3v) is 6.60. The maximum atomic E-state index is 14.1. The first-order valence-electron chi connectivity index (χ1n) is 11.2. The van der Waals surface area contributed by atoms with Gasteiger partial charge < -0.3 is 5.11 Å². The van der Waals surface area contributed by atoms with Crippen molar-refractivity contribution in [3.8, 4) is 6.07 Å². The van der Waals surface area contributed by atoms with Gasteiger partial charge in [-0.1, -0.05) is 55.3 Å². The van der Waals surface area contributed by atoms with E-state index in [2.05, 4.69) is 10.9 Å². The summed E-state index contributed by atoms with van der Waals surface area (Å²) in [6, 6.07) is 22.8. The molecule has 0 saturated carbocycles. The monoisotopic (exact) mass is 450 g/mol. The average molecular weight is 451 g/mol. The van der Waals surface area contributed by atoms with Crippen LogP contribution in [0, 0.1) is 24.8 Å². The van der Waals surface area contributed by atoms with Crippen LogP contribution in [0.25, 0.3) is 4.85 Å². The van der Waals surface area contributed by atoms with Crippen LogP contribution in [-0.4, -0.2) is 16.7 Å². The van der Waals surface area contributed by atoms with Gasteiger partial charge in [0.1, 0.15) is 0 Å². The first kappa shape index (κ1) is 23.0. The molecule has 0 radical (unpaired) electrons. The summed E-state index contributed by atoms with van der Waals surface area (Å²) in [5.41, 5.74) is 0.910. The van der Waals surface area contributed by atoms with Gasteiger partial charge in [0.2, 0.25) is 0 Å². The number of nitriles is 1. The summed E-state index contributed by atoms with van der Waals surface area (Å²) in [7, 11) is 0. The minimum Gasteiger partial charge on any atom is -0.364 e. The molecule has 0 bridgehead atoms. The van der Waals surface area contributed by atoms with E-state index in [4.69, 9.17) is 6.57 Å². The molecule has 2 unspecified atom stereocenters. The van der Waals surface area contributed by atoms with Crippen LogP contribution in [0.2, 0.25) is 0 Å². The molecule has 0 aromatic heterocycles. The van der Waals surface area contributed by atoms with Crippen molar-refractivity contribution in [2.75, 3.05) is 9.80 Å². The average Bonchev–Trinajstić information content (AvgIpc) is 3.02. The lowest BCUT2D eigenvalue weighted by molar-refractivity contribution is -0.0140. The fourth-order valence-electron chi connectivity index (χ4n) is 4.98. The molecule has 0 spiro atoms. The lowest BCUT2D eigenvalue weighted by atomic mass is 9.78. The third-order valence-electron chi connectivity index (χ3n) is 6.60. The SMILES string of the molecule is [C-]#[N+]c1ccc(N2C(=O)N(c3ccc(C#N)cc3)C(C)(CCC)C2(O)c2cccc(C)c2)cc1. The fourth-order valence-corrected chi connectivity index (χ4v) is 4.98. The van der Waals surface area contributed by atoms with Gasteiger partial charge in [0.25, 0.3) is 0 Å². The summed E-state index contributed by atoms with van der Waals surface area (Å²) in [6.45, 7) is 13.1. The summed E-state index contributed by atoms with van der Waals surface area (Å²) >= 11 is 0. The Morgan fingerprint density at radius 3 is 2.21 bits per heavy atom. The number of urea groups is 1. The van der Waals surface area contributed by atoms with E-state index in [1.54, 1.807) is 53.4 Å². The van der Waals surface area contributed by atoms with Crippen LogP contribution in [0.4, 0.5) is 21.9 Å². The minimum atomic E-state index is -1.69. The van der Waals surface area contributed by atoms with Crippen molar-refractivity contribution in [1.82, 2.24) is 0 Å². The Morgan fingerprint density at radius 1 is 1.03 bits per heavy atom. The zero-order valence-corrected chi connectivity index (χ0v) is 19.5. The highest BCUT2D eigenvalue weighted by Crippen LogP contribution is 2.52. The smallest absolute Gasteiger partial charge is 0.332 e. The van der Waals surface area contributed by atoms with Gasteiger partial charge in [-0.25, -0.2) is 9.64 Å².